The van der Waals surface area contributed by atoms with Gasteiger partial charge < -0.3 is 9.47 Å². The predicted molar refractivity (Wildman–Crippen MR) is 97.3 cm³/mol. The van der Waals surface area contributed by atoms with E-state index < -0.39 is 33.9 Å². The fourth-order valence-corrected chi connectivity index (χ4v) is 4.18. The highest BCUT2D eigenvalue weighted by atomic mass is 32.2. The van der Waals surface area contributed by atoms with E-state index in [1.54, 1.807) is 0 Å². The molecule has 2 radical (unpaired) electrons. The van der Waals surface area contributed by atoms with E-state index in [-0.39, 0.29) is 29.5 Å². The minimum atomic E-state index is -5.73. The molecule has 0 amide bonds. The Labute approximate surface area is 167 Å². The summed E-state index contributed by atoms with van der Waals surface area (Å²) in [5.74, 6) is -1.08. The van der Waals surface area contributed by atoms with Crippen LogP contribution in [0.1, 0.15) is 41.6 Å². The lowest BCUT2D eigenvalue weighted by Crippen LogP contribution is -2.34. The van der Waals surface area contributed by atoms with E-state index in [1.165, 1.54) is 12.1 Å². The molecule has 2 bridgehead atoms. The van der Waals surface area contributed by atoms with E-state index in [2.05, 4.69) is 4.74 Å². The standard InChI is InChI=1S/C18H19BF2O7S/c19-8-13-4-3-12(16(22)27-9-18(20,21)29(24,25)26)7-15(13)28-17(23)14-6-10-1-2-11(14)5-10/h3-4,7,10-11,14H,1-2,5-6,8-9H2,(H,24,25,26). The van der Waals surface area contributed by atoms with Crippen LogP contribution < -0.4 is 4.74 Å². The van der Waals surface area contributed by atoms with Gasteiger partial charge >= 0.3 is 27.3 Å². The molecule has 3 unspecified atom stereocenters. The Hall–Kier alpha value is -2.01. The van der Waals surface area contributed by atoms with Gasteiger partial charge in [0.05, 0.1) is 19.3 Å². The Morgan fingerprint density at radius 3 is 2.52 bits per heavy atom. The van der Waals surface area contributed by atoms with Crippen LogP contribution in [0.3, 0.4) is 0 Å². The highest BCUT2D eigenvalue weighted by Gasteiger charge is 2.46. The summed E-state index contributed by atoms with van der Waals surface area (Å²) in [6.45, 7) is -1.86. The molecule has 1 aromatic carbocycles. The lowest BCUT2D eigenvalue weighted by atomic mass is 9.89. The number of halogens is 2. The first-order valence-electron chi connectivity index (χ1n) is 9.08. The molecular weight excluding hydrogens is 409 g/mol. The number of alkyl halides is 2. The van der Waals surface area contributed by atoms with E-state index in [0.29, 0.717) is 11.5 Å². The van der Waals surface area contributed by atoms with Crippen LogP contribution in [0.25, 0.3) is 0 Å². The maximum atomic E-state index is 13.2. The lowest BCUT2D eigenvalue weighted by Gasteiger charge is -2.21. The van der Waals surface area contributed by atoms with Gasteiger partial charge in [-0.25, -0.2) is 4.79 Å². The summed E-state index contributed by atoms with van der Waals surface area (Å²) in [7, 11) is -0.0961. The Balaban J connectivity index is 1.71. The molecule has 2 aliphatic carbocycles. The second-order valence-electron chi connectivity index (χ2n) is 7.42. The van der Waals surface area contributed by atoms with Crippen LogP contribution in [-0.2, 0) is 26.0 Å². The number of carbonyl (C=O) groups excluding carboxylic acids is 2. The third-order valence-corrected chi connectivity index (χ3v) is 6.40. The summed E-state index contributed by atoms with van der Waals surface area (Å²) < 4.78 is 65.8. The molecule has 0 aliphatic heterocycles. The van der Waals surface area contributed by atoms with Crippen LogP contribution in [0.4, 0.5) is 8.78 Å². The molecule has 156 valence electrons. The van der Waals surface area contributed by atoms with Gasteiger partial charge in [-0.15, -0.1) is 0 Å². The highest BCUT2D eigenvalue weighted by Crippen LogP contribution is 2.48. The summed E-state index contributed by atoms with van der Waals surface area (Å²) in [6, 6.07) is 3.76. The summed E-state index contributed by atoms with van der Waals surface area (Å²) in [6.07, 6.45) is 3.85. The van der Waals surface area contributed by atoms with Gasteiger partial charge in [0.25, 0.3) is 0 Å². The molecule has 7 nitrogen and oxygen atoms in total. The first-order chi connectivity index (χ1) is 13.5. The molecule has 3 atom stereocenters. The second-order valence-corrected chi connectivity index (χ2v) is 8.97. The Bertz CT molecular complexity index is 919. The first kappa shape index (κ1) is 21.7. The minimum absolute atomic E-state index is 0.00941. The van der Waals surface area contributed by atoms with Crippen LogP contribution >= 0.6 is 0 Å². The van der Waals surface area contributed by atoms with Crippen molar-refractivity contribution < 1.29 is 40.8 Å². The van der Waals surface area contributed by atoms with Gasteiger partial charge in [0.2, 0.25) is 0 Å². The third kappa shape index (κ3) is 4.61. The number of hydrogen-bond acceptors (Lipinski definition) is 6. The SMILES string of the molecule is [B]Cc1ccc(C(=O)OCC(F)(F)S(=O)(=O)O)cc1OC(=O)C1CC2CCC1C2. The van der Waals surface area contributed by atoms with Gasteiger partial charge in [-0.3, -0.25) is 9.35 Å². The number of esters is 2. The Morgan fingerprint density at radius 1 is 1.24 bits per heavy atom. The van der Waals surface area contributed by atoms with Crippen molar-refractivity contribution in [2.24, 2.45) is 17.8 Å². The molecular formula is C18H19BF2O7S. The smallest absolute Gasteiger partial charge is 0.402 e. The average Bonchev–Trinajstić information content (AvgIpc) is 3.28. The normalized spacial score (nSPS) is 23.8. The maximum absolute atomic E-state index is 13.2. The van der Waals surface area contributed by atoms with Gasteiger partial charge in [0, 0.05) is 0 Å². The van der Waals surface area contributed by atoms with Crippen molar-refractivity contribution in [3.8, 4) is 5.75 Å². The number of benzene rings is 1. The average molecular weight is 428 g/mol. The van der Waals surface area contributed by atoms with E-state index in [4.69, 9.17) is 17.1 Å². The first-order valence-corrected chi connectivity index (χ1v) is 10.5. The minimum Gasteiger partial charge on any atom is -0.454 e. The quantitative estimate of drug-likeness (QED) is 0.308. The monoisotopic (exact) mass is 428 g/mol. The van der Waals surface area contributed by atoms with Crippen molar-refractivity contribution in [2.45, 2.75) is 37.3 Å². The molecule has 2 saturated carbocycles. The fourth-order valence-electron chi connectivity index (χ4n) is 3.97. The molecule has 3 rings (SSSR count). The zero-order valence-corrected chi connectivity index (χ0v) is 16.2. The molecule has 2 fully saturated rings. The second kappa shape index (κ2) is 8.02. The Kier molecular flexibility index (Phi) is 6.00. The van der Waals surface area contributed by atoms with Crippen LogP contribution in [-0.4, -0.2) is 44.6 Å². The zero-order chi connectivity index (χ0) is 21.4. The van der Waals surface area contributed by atoms with Crippen LogP contribution in [0, 0.1) is 17.8 Å². The molecule has 1 N–H and O–H groups in total. The van der Waals surface area contributed by atoms with Crippen molar-refractivity contribution in [1.82, 2.24) is 0 Å². The van der Waals surface area contributed by atoms with E-state index in [9.17, 15) is 26.8 Å². The molecule has 2 aliphatic rings. The van der Waals surface area contributed by atoms with E-state index in [1.807, 2.05) is 0 Å². The molecule has 1 aromatic rings. The van der Waals surface area contributed by atoms with E-state index in [0.717, 1.165) is 31.7 Å². The maximum Gasteiger partial charge on any atom is 0.402 e. The van der Waals surface area contributed by atoms with Crippen LogP contribution in [0.15, 0.2) is 18.2 Å². The number of ether oxygens (including phenoxy) is 2. The molecule has 0 spiro atoms. The largest absolute Gasteiger partial charge is 0.454 e. The van der Waals surface area contributed by atoms with Gasteiger partial charge in [-0.05, 0) is 48.8 Å². The van der Waals surface area contributed by atoms with Gasteiger partial charge in [0.15, 0.2) is 6.61 Å². The number of fused-ring (bicyclic) bond motifs is 2. The molecule has 0 aromatic heterocycles. The van der Waals surface area contributed by atoms with Crippen molar-refractivity contribution >= 4 is 29.9 Å². The molecule has 11 heteroatoms. The summed E-state index contributed by atoms with van der Waals surface area (Å²) in [4.78, 5) is 24.6. The van der Waals surface area contributed by atoms with Crippen LogP contribution in [0.5, 0.6) is 5.75 Å². The summed E-state index contributed by atoms with van der Waals surface area (Å²) in [5, 5.41) is -4.64. The molecule has 29 heavy (non-hydrogen) atoms. The van der Waals surface area contributed by atoms with Crippen molar-refractivity contribution in [3.05, 3.63) is 29.3 Å². The van der Waals surface area contributed by atoms with Gasteiger partial charge in [-0.2, -0.15) is 17.2 Å². The number of hydrogen-bond donors (Lipinski definition) is 1. The predicted octanol–water partition coefficient (Wildman–Crippen LogP) is 2.33. The van der Waals surface area contributed by atoms with Gasteiger partial charge in [0.1, 0.15) is 5.75 Å². The van der Waals surface area contributed by atoms with Gasteiger partial charge in [-0.1, -0.05) is 18.8 Å². The lowest BCUT2D eigenvalue weighted by molar-refractivity contribution is -0.140. The fraction of sp³-hybridized carbons (Fsp3) is 0.556. The molecule has 0 saturated heterocycles. The number of carbonyl (C=O) groups is 2. The Morgan fingerprint density at radius 2 is 1.97 bits per heavy atom. The third-order valence-electron chi connectivity index (χ3n) is 5.52. The van der Waals surface area contributed by atoms with E-state index >= 15 is 0 Å². The summed E-state index contributed by atoms with van der Waals surface area (Å²) in [5.41, 5.74) is 0.199. The topological polar surface area (TPSA) is 107 Å². The highest BCUT2D eigenvalue weighted by molar-refractivity contribution is 7.86. The molecule has 0 heterocycles. The number of rotatable bonds is 7. The summed E-state index contributed by atoms with van der Waals surface area (Å²) >= 11 is 0. The van der Waals surface area contributed by atoms with Crippen LogP contribution in [0.2, 0.25) is 0 Å². The van der Waals surface area contributed by atoms with Crippen molar-refractivity contribution in [2.75, 3.05) is 6.61 Å². The van der Waals surface area contributed by atoms with Crippen molar-refractivity contribution in [3.63, 3.8) is 0 Å². The van der Waals surface area contributed by atoms with Crippen molar-refractivity contribution in [1.29, 1.82) is 0 Å². The zero-order valence-electron chi connectivity index (χ0n) is 15.3.